The highest BCUT2D eigenvalue weighted by Gasteiger charge is 2.23. The molecule has 1 aliphatic rings. The van der Waals surface area contributed by atoms with Crippen LogP contribution in [0.2, 0.25) is 0 Å². The molecular formula is C12H21N3S. The summed E-state index contributed by atoms with van der Waals surface area (Å²) < 4.78 is 0. The van der Waals surface area contributed by atoms with Crippen molar-refractivity contribution >= 4 is 11.3 Å². The van der Waals surface area contributed by atoms with Gasteiger partial charge in [-0.15, -0.1) is 11.3 Å². The van der Waals surface area contributed by atoms with Gasteiger partial charge >= 0.3 is 0 Å². The molecule has 0 amide bonds. The maximum Gasteiger partial charge on any atom is 0.107 e. The van der Waals surface area contributed by atoms with Gasteiger partial charge in [-0.2, -0.15) is 0 Å². The van der Waals surface area contributed by atoms with Crippen LogP contribution in [-0.2, 0) is 6.54 Å². The van der Waals surface area contributed by atoms with Gasteiger partial charge in [0, 0.05) is 37.3 Å². The Morgan fingerprint density at radius 2 is 2.50 bits per heavy atom. The fourth-order valence-electron chi connectivity index (χ4n) is 2.29. The lowest BCUT2D eigenvalue weighted by molar-refractivity contribution is 0.134. The minimum atomic E-state index is 0.678. The van der Waals surface area contributed by atoms with Gasteiger partial charge in [-0.3, -0.25) is 4.90 Å². The van der Waals surface area contributed by atoms with Crippen molar-refractivity contribution in [3.05, 3.63) is 16.6 Å². The predicted octanol–water partition coefficient (Wildman–Crippen LogP) is 1.96. The molecule has 1 N–H and O–H groups in total. The molecule has 1 aromatic rings. The van der Waals surface area contributed by atoms with E-state index in [0.717, 1.165) is 32.1 Å². The highest BCUT2D eigenvalue weighted by molar-refractivity contribution is 7.09. The summed E-state index contributed by atoms with van der Waals surface area (Å²) in [6.07, 6.45) is 3.18. The highest BCUT2D eigenvalue weighted by Crippen LogP contribution is 2.17. The molecule has 3 nitrogen and oxygen atoms in total. The van der Waals surface area contributed by atoms with Crippen LogP contribution in [0.3, 0.4) is 0 Å². The van der Waals surface area contributed by atoms with Gasteiger partial charge in [0.05, 0.1) is 6.54 Å². The first kappa shape index (κ1) is 12.0. The molecule has 0 aromatic carbocycles. The Labute approximate surface area is 102 Å². The molecule has 16 heavy (non-hydrogen) atoms. The first-order valence-corrected chi connectivity index (χ1v) is 6.97. The van der Waals surface area contributed by atoms with Crippen molar-refractivity contribution in [3.63, 3.8) is 0 Å². The highest BCUT2D eigenvalue weighted by atomic mass is 32.1. The maximum atomic E-state index is 4.38. The normalized spacial score (nSPS) is 22.8. The zero-order chi connectivity index (χ0) is 11.4. The second-order valence-electron chi connectivity index (χ2n) is 4.88. The fourth-order valence-corrected chi connectivity index (χ4v) is 2.93. The van der Waals surface area contributed by atoms with Crippen LogP contribution in [-0.4, -0.2) is 35.6 Å². The van der Waals surface area contributed by atoms with Crippen LogP contribution >= 0.6 is 11.3 Å². The van der Waals surface area contributed by atoms with Crippen molar-refractivity contribution in [3.8, 4) is 0 Å². The molecule has 4 heteroatoms. The van der Waals surface area contributed by atoms with Crippen molar-refractivity contribution < 1.29 is 0 Å². The summed E-state index contributed by atoms with van der Waals surface area (Å²) in [5.41, 5.74) is 0. The van der Waals surface area contributed by atoms with Crippen molar-refractivity contribution in [2.75, 3.05) is 19.6 Å². The molecule has 0 aliphatic carbocycles. The van der Waals surface area contributed by atoms with E-state index in [-0.39, 0.29) is 0 Å². The lowest BCUT2D eigenvalue weighted by Crippen LogP contribution is -2.51. The van der Waals surface area contributed by atoms with Crippen LogP contribution in [0.4, 0.5) is 0 Å². The van der Waals surface area contributed by atoms with Gasteiger partial charge in [-0.05, 0) is 12.3 Å². The summed E-state index contributed by atoms with van der Waals surface area (Å²) in [4.78, 5) is 6.96. The van der Waals surface area contributed by atoms with Crippen LogP contribution in [0.5, 0.6) is 0 Å². The third kappa shape index (κ3) is 3.27. The molecule has 0 radical (unpaired) electrons. The maximum absolute atomic E-state index is 4.38. The fraction of sp³-hybridized carbons (Fsp3) is 0.750. The van der Waals surface area contributed by atoms with Gasteiger partial charge in [0.25, 0.3) is 0 Å². The van der Waals surface area contributed by atoms with Gasteiger partial charge in [0.1, 0.15) is 5.01 Å². The molecule has 90 valence electrons. The zero-order valence-electron chi connectivity index (χ0n) is 10.1. The molecular weight excluding hydrogens is 218 g/mol. The van der Waals surface area contributed by atoms with Crippen LogP contribution < -0.4 is 5.32 Å². The number of nitrogens with one attached hydrogen (secondary N) is 1. The van der Waals surface area contributed by atoms with Gasteiger partial charge in [0.2, 0.25) is 0 Å². The largest absolute Gasteiger partial charge is 0.314 e. The summed E-state index contributed by atoms with van der Waals surface area (Å²) in [5, 5.41) is 6.80. The first-order chi connectivity index (χ1) is 7.75. The van der Waals surface area contributed by atoms with Crippen molar-refractivity contribution in [2.45, 2.75) is 32.9 Å². The lowest BCUT2D eigenvalue weighted by Gasteiger charge is -2.36. The number of hydrogen-bond donors (Lipinski definition) is 1. The Kier molecular flexibility index (Phi) is 4.32. The second-order valence-corrected chi connectivity index (χ2v) is 5.86. The van der Waals surface area contributed by atoms with Crippen molar-refractivity contribution in [1.82, 2.24) is 15.2 Å². The SMILES string of the molecule is CC(C)CC1CNCCN1Cc1nccs1. The van der Waals surface area contributed by atoms with Crippen LogP contribution in [0.15, 0.2) is 11.6 Å². The average Bonchev–Trinajstić information content (AvgIpc) is 2.73. The molecule has 0 spiro atoms. The van der Waals surface area contributed by atoms with Gasteiger partial charge in [-0.25, -0.2) is 4.98 Å². The molecule has 0 saturated carbocycles. The number of piperazine rings is 1. The third-order valence-corrected chi connectivity index (χ3v) is 3.80. The zero-order valence-corrected chi connectivity index (χ0v) is 11.0. The van der Waals surface area contributed by atoms with E-state index >= 15 is 0 Å². The summed E-state index contributed by atoms with van der Waals surface area (Å²) in [5.74, 6) is 0.767. The van der Waals surface area contributed by atoms with E-state index in [1.54, 1.807) is 11.3 Å². The smallest absolute Gasteiger partial charge is 0.107 e. The average molecular weight is 239 g/mol. The summed E-state index contributed by atoms with van der Waals surface area (Å²) in [6.45, 7) is 9.02. The first-order valence-electron chi connectivity index (χ1n) is 6.09. The van der Waals surface area contributed by atoms with E-state index in [2.05, 4.69) is 34.4 Å². The summed E-state index contributed by atoms with van der Waals surface area (Å²) in [7, 11) is 0. The number of nitrogens with zero attached hydrogens (tertiary/aromatic N) is 2. The Bertz CT molecular complexity index is 297. The molecule has 1 aliphatic heterocycles. The predicted molar refractivity (Wildman–Crippen MR) is 68.6 cm³/mol. The Morgan fingerprint density at radius 3 is 3.19 bits per heavy atom. The Hall–Kier alpha value is -0.450. The molecule has 1 unspecified atom stereocenters. The Balaban J connectivity index is 1.93. The summed E-state index contributed by atoms with van der Waals surface area (Å²) >= 11 is 1.76. The lowest BCUT2D eigenvalue weighted by atomic mass is 10.0. The number of aromatic nitrogens is 1. The standard InChI is InChI=1S/C12H21N3S/c1-10(2)7-11-8-13-3-5-15(11)9-12-14-4-6-16-12/h4,6,10-11,13H,3,5,7-9H2,1-2H3. The van der Waals surface area contributed by atoms with E-state index in [1.807, 2.05) is 6.20 Å². The quantitative estimate of drug-likeness (QED) is 0.870. The molecule has 1 fully saturated rings. The topological polar surface area (TPSA) is 28.2 Å². The molecule has 2 heterocycles. The molecule has 1 saturated heterocycles. The third-order valence-electron chi connectivity index (χ3n) is 3.04. The number of thiazole rings is 1. The molecule has 1 atom stereocenters. The summed E-state index contributed by atoms with van der Waals surface area (Å²) in [6, 6.07) is 0.678. The van der Waals surface area contributed by atoms with Crippen LogP contribution in [0, 0.1) is 5.92 Å². The molecule has 1 aromatic heterocycles. The Morgan fingerprint density at radius 1 is 1.62 bits per heavy atom. The van der Waals surface area contributed by atoms with Gasteiger partial charge in [-0.1, -0.05) is 13.8 Å². The van der Waals surface area contributed by atoms with Crippen molar-refractivity contribution in [1.29, 1.82) is 0 Å². The van der Waals surface area contributed by atoms with Gasteiger partial charge < -0.3 is 5.32 Å². The second kappa shape index (κ2) is 5.75. The number of rotatable bonds is 4. The molecule has 0 bridgehead atoms. The van der Waals surface area contributed by atoms with Gasteiger partial charge in [0.15, 0.2) is 0 Å². The van der Waals surface area contributed by atoms with Crippen LogP contribution in [0.1, 0.15) is 25.3 Å². The van der Waals surface area contributed by atoms with E-state index in [0.29, 0.717) is 6.04 Å². The molecule has 2 rings (SSSR count). The van der Waals surface area contributed by atoms with E-state index in [1.165, 1.54) is 11.4 Å². The van der Waals surface area contributed by atoms with Crippen molar-refractivity contribution in [2.24, 2.45) is 5.92 Å². The number of hydrogen-bond acceptors (Lipinski definition) is 4. The monoisotopic (exact) mass is 239 g/mol. The van der Waals surface area contributed by atoms with E-state index in [9.17, 15) is 0 Å². The minimum Gasteiger partial charge on any atom is -0.314 e. The minimum absolute atomic E-state index is 0.678. The van der Waals surface area contributed by atoms with E-state index in [4.69, 9.17) is 0 Å². The van der Waals surface area contributed by atoms with Crippen LogP contribution in [0.25, 0.3) is 0 Å². The van der Waals surface area contributed by atoms with E-state index < -0.39 is 0 Å².